The van der Waals surface area contributed by atoms with E-state index in [0.29, 0.717) is 5.92 Å². The zero-order chi connectivity index (χ0) is 23.4. The fourth-order valence-corrected chi connectivity index (χ4v) is 5.53. The van der Waals surface area contributed by atoms with E-state index in [2.05, 4.69) is 13.8 Å². The smallest absolute Gasteiger partial charge is 0.429 e. The number of halogens is 3. The van der Waals surface area contributed by atoms with Crippen molar-refractivity contribution in [3.63, 3.8) is 0 Å². The summed E-state index contributed by atoms with van der Waals surface area (Å²) in [6.07, 6.45) is 7.74. The molecule has 0 atom stereocenters. The van der Waals surface area contributed by atoms with Crippen LogP contribution in [0.5, 0.6) is 5.75 Å². The summed E-state index contributed by atoms with van der Waals surface area (Å²) in [5, 5.41) is 0. The Hall–Kier alpha value is -1.97. The van der Waals surface area contributed by atoms with E-state index >= 15 is 0 Å². The van der Waals surface area contributed by atoms with Crippen molar-refractivity contribution >= 4 is 0 Å². The monoisotopic (exact) mass is 458 g/mol. The van der Waals surface area contributed by atoms with Crippen molar-refractivity contribution in [3.05, 3.63) is 65.0 Å². The normalized spacial score (nSPS) is 26.2. The summed E-state index contributed by atoms with van der Waals surface area (Å²) < 4.78 is 49.2. The predicted octanol–water partition coefficient (Wildman–Crippen LogP) is 9.01. The Morgan fingerprint density at radius 1 is 0.818 bits per heavy atom. The first kappa shape index (κ1) is 24.2. The number of aryl methyl sites for hydroxylation is 1. The molecule has 0 unspecified atom stereocenters. The van der Waals surface area contributed by atoms with E-state index in [1.54, 1.807) is 18.2 Å². The third-order valence-electron chi connectivity index (χ3n) is 7.94. The molecule has 1 nitrogen and oxygen atoms in total. The van der Waals surface area contributed by atoms with Crippen LogP contribution < -0.4 is 4.74 Å². The molecular weight excluding hydrogens is 421 g/mol. The highest BCUT2D eigenvalue weighted by Crippen LogP contribution is 2.39. The van der Waals surface area contributed by atoms with Gasteiger partial charge in [0.25, 0.3) is 0 Å². The van der Waals surface area contributed by atoms with Gasteiger partial charge in [-0.2, -0.15) is 8.78 Å². The number of ether oxygens (including phenoxy) is 1. The quantitative estimate of drug-likeness (QED) is 0.402. The SMILES string of the molecule is CC1CCC(CCc2ccc(OC(F)(F)c3ccc(C4CCC(C)CC4)cc3F)cc2)CC1. The number of alkyl halides is 2. The molecule has 0 spiro atoms. The molecule has 0 aliphatic heterocycles. The Morgan fingerprint density at radius 3 is 2.03 bits per heavy atom. The zero-order valence-electron chi connectivity index (χ0n) is 20.0. The molecule has 2 aromatic rings. The summed E-state index contributed by atoms with van der Waals surface area (Å²) in [4.78, 5) is 0. The van der Waals surface area contributed by atoms with E-state index in [0.717, 1.165) is 61.5 Å². The van der Waals surface area contributed by atoms with Crippen LogP contribution in [-0.4, -0.2) is 0 Å². The Bertz CT molecular complexity index is 892. The van der Waals surface area contributed by atoms with Gasteiger partial charge in [0.1, 0.15) is 11.6 Å². The highest BCUT2D eigenvalue weighted by atomic mass is 19.3. The summed E-state index contributed by atoms with van der Waals surface area (Å²) in [5.41, 5.74) is 1.24. The lowest BCUT2D eigenvalue weighted by Gasteiger charge is -2.27. The number of benzene rings is 2. The minimum atomic E-state index is -3.72. The lowest BCUT2D eigenvalue weighted by atomic mass is 9.79. The molecule has 0 N–H and O–H groups in total. The molecule has 0 aromatic heterocycles. The van der Waals surface area contributed by atoms with Crippen molar-refractivity contribution in [2.45, 2.75) is 90.1 Å². The van der Waals surface area contributed by atoms with Gasteiger partial charge >= 0.3 is 6.11 Å². The average molecular weight is 459 g/mol. The summed E-state index contributed by atoms with van der Waals surface area (Å²) >= 11 is 0. The molecule has 2 saturated carbocycles. The summed E-state index contributed by atoms with van der Waals surface area (Å²) in [5.74, 6) is 1.71. The van der Waals surface area contributed by atoms with E-state index in [4.69, 9.17) is 4.74 Å². The van der Waals surface area contributed by atoms with Crippen molar-refractivity contribution in [1.29, 1.82) is 0 Å². The molecule has 33 heavy (non-hydrogen) atoms. The highest BCUT2D eigenvalue weighted by molar-refractivity contribution is 5.32. The van der Waals surface area contributed by atoms with Gasteiger partial charge in [0.05, 0.1) is 5.56 Å². The van der Waals surface area contributed by atoms with Crippen molar-refractivity contribution < 1.29 is 17.9 Å². The first-order valence-electron chi connectivity index (χ1n) is 12.8. The van der Waals surface area contributed by atoms with Gasteiger partial charge in [-0.25, -0.2) is 4.39 Å². The molecule has 0 bridgehead atoms. The van der Waals surface area contributed by atoms with Gasteiger partial charge in [0.15, 0.2) is 0 Å². The van der Waals surface area contributed by atoms with Crippen LogP contribution in [0.15, 0.2) is 42.5 Å². The second kappa shape index (κ2) is 10.5. The molecule has 0 heterocycles. The molecule has 0 saturated heterocycles. The molecular formula is C29H37F3O. The van der Waals surface area contributed by atoms with Gasteiger partial charge in [0.2, 0.25) is 0 Å². The number of rotatable bonds is 7. The van der Waals surface area contributed by atoms with Gasteiger partial charge in [-0.05, 0) is 84.7 Å². The molecule has 2 aliphatic rings. The van der Waals surface area contributed by atoms with Crippen LogP contribution in [0.4, 0.5) is 13.2 Å². The molecule has 2 aliphatic carbocycles. The second-order valence-corrected chi connectivity index (χ2v) is 10.6. The topological polar surface area (TPSA) is 9.23 Å². The number of hydrogen-bond donors (Lipinski definition) is 0. The van der Waals surface area contributed by atoms with Crippen LogP contribution in [-0.2, 0) is 12.5 Å². The Balaban J connectivity index is 1.35. The van der Waals surface area contributed by atoms with Crippen LogP contribution in [0.1, 0.15) is 94.2 Å². The fraction of sp³-hybridized carbons (Fsp3) is 0.586. The van der Waals surface area contributed by atoms with Crippen molar-refractivity contribution in [2.24, 2.45) is 17.8 Å². The van der Waals surface area contributed by atoms with Crippen LogP contribution in [0, 0.1) is 23.6 Å². The molecule has 0 amide bonds. The highest BCUT2D eigenvalue weighted by Gasteiger charge is 2.38. The summed E-state index contributed by atoms with van der Waals surface area (Å²) in [6.45, 7) is 4.55. The lowest BCUT2D eigenvalue weighted by molar-refractivity contribution is -0.187. The van der Waals surface area contributed by atoms with Gasteiger partial charge in [-0.15, -0.1) is 0 Å². The maximum Gasteiger partial charge on any atom is 0.429 e. The molecule has 4 rings (SSSR count). The Kier molecular flexibility index (Phi) is 7.71. The third-order valence-corrected chi connectivity index (χ3v) is 7.94. The molecule has 0 radical (unpaired) electrons. The van der Waals surface area contributed by atoms with Crippen molar-refractivity contribution in [3.8, 4) is 5.75 Å². The van der Waals surface area contributed by atoms with Crippen LogP contribution >= 0.6 is 0 Å². The summed E-state index contributed by atoms with van der Waals surface area (Å²) in [6, 6.07) is 11.0. The van der Waals surface area contributed by atoms with Crippen LogP contribution in [0.2, 0.25) is 0 Å². The third kappa shape index (κ3) is 6.33. The maximum absolute atomic E-state index is 14.8. The summed E-state index contributed by atoms with van der Waals surface area (Å²) in [7, 11) is 0. The van der Waals surface area contributed by atoms with Gasteiger partial charge in [0, 0.05) is 0 Å². The van der Waals surface area contributed by atoms with E-state index in [1.165, 1.54) is 37.8 Å². The van der Waals surface area contributed by atoms with Crippen molar-refractivity contribution in [1.82, 2.24) is 0 Å². The van der Waals surface area contributed by atoms with E-state index in [-0.39, 0.29) is 11.7 Å². The average Bonchev–Trinajstić information content (AvgIpc) is 2.80. The molecule has 180 valence electrons. The van der Waals surface area contributed by atoms with Gasteiger partial charge in [-0.1, -0.05) is 70.6 Å². The van der Waals surface area contributed by atoms with Crippen LogP contribution in [0.25, 0.3) is 0 Å². The number of hydrogen-bond acceptors (Lipinski definition) is 1. The van der Waals surface area contributed by atoms with Crippen LogP contribution in [0.3, 0.4) is 0 Å². The molecule has 2 aromatic carbocycles. The Labute approximate surface area is 196 Å². The molecule has 2 fully saturated rings. The fourth-order valence-electron chi connectivity index (χ4n) is 5.53. The largest absolute Gasteiger partial charge is 0.429 e. The first-order valence-corrected chi connectivity index (χ1v) is 12.8. The molecule has 4 heteroatoms. The van der Waals surface area contributed by atoms with E-state index < -0.39 is 17.5 Å². The van der Waals surface area contributed by atoms with Gasteiger partial charge < -0.3 is 4.74 Å². The van der Waals surface area contributed by atoms with Gasteiger partial charge in [-0.3, -0.25) is 0 Å². The zero-order valence-corrected chi connectivity index (χ0v) is 20.0. The van der Waals surface area contributed by atoms with Crippen molar-refractivity contribution in [2.75, 3.05) is 0 Å². The van der Waals surface area contributed by atoms with E-state index in [9.17, 15) is 13.2 Å². The maximum atomic E-state index is 14.8. The minimum Gasteiger partial charge on any atom is -0.429 e. The minimum absolute atomic E-state index is 0.0555. The predicted molar refractivity (Wildman–Crippen MR) is 127 cm³/mol. The Morgan fingerprint density at radius 2 is 1.42 bits per heavy atom. The standard InChI is InChI=1S/C29H37F3O/c1-20-3-7-22(8-4-20)9-10-23-11-16-26(17-12-23)33-29(31,32)27-18-15-25(19-28(27)30)24-13-5-21(2)6-14-24/h11-12,15-22,24H,3-10,13-14H2,1-2H3. The lowest BCUT2D eigenvalue weighted by Crippen LogP contribution is -2.23. The van der Waals surface area contributed by atoms with E-state index in [1.807, 2.05) is 12.1 Å². The second-order valence-electron chi connectivity index (χ2n) is 10.6. The first-order chi connectivity index (χ1) is 15.8.